The number of benzene rings is 1. The fraction of sp³-hybridized carbons (Fsp3) is 0.385. The first kappa shape index (κ1) is 16.8. The molecule has 1 aromatic rings. The minimum atomic E-state index is -0.887. The third kappa shape index (κ3) is 5.77. The quantitative estimate of drug-likeness (QED) is 0.811. The lowest BCUT2D eigenvalue weighted by Gasteiger charge is -2.19. The van der Waals surface area contributed by atoms with Crippen LogP contribution < -0.4 is 5.32 Å². The van der Waals surface area contributed by atoms with Gasteiger partial charge in [0.15, 0.2) is 0 Å². The van der Waals surface area contributed by atoms with Crippen LogP contribution in [-0.4, -0.2) is 41.5 Å². The monoisotopic (exact) mass is 318 g/mol. The van der Waals surface area contributed by atoms with Crippen molar-refractivity contribution >= 4 is 40.8 Å². The lowest BCUT2D eigenvalue weighted by Crippen LogP contribution is -2.34. The van der Waals surface area contributed by atoms with Crippen LogP contribution >= 0.6 is 23.2 Å². The Morgan fingerprint density at radius 1 is 1.35 bits per heavy atom. The number of carbonyl (C=O) groups is 2. The third-order valence-electron chi connectivity index (χ3n) is 2.66. The molecule has 7 heteroatoms. The highest BCUT2D eigenvalue weighted by atomic mass is 35.5. The first-order valence-corrected chi connectivity index (χ1v) is 6.87. The van der Waals surface area contributed by atoms with Crippen molar-refractivity contribution in [2.24, 2.45) is 0 Å². The molecule has 0 atom stereocenters. The first-order valence-electron chi connectivity index (χ1n) is 6.11. The van der Waals surface area contributed by atoms with E-state index in [0.717, 1.165) is 0 Å². The molecular formula is C13H16Cl2N2O3. The lowest BCUT2D eigenvalue weighted by molar-refractivity contribution is -0.137. The smallest absolute Gasteiger partial charge is 0.304 e. The van der Waals surface area contributed by atoms with Crippen LogP contribution in [-0.2, 0) is 9.59 Å². The molecule has 20 heavy (non-hydrogen) atoms. The van der Waals surface area contributed by atoms with Gasteiger partial charge in [-0.25, -0.2) is 0 Å². The fourth-order valence-electron chi connectivity index (χ4n) is 1.59. The third-order valence-corrected chi connectivity index (χ3v) is 3.22. The zero-order valence-electron chi connectivity index (χ0n) is 11.0. The second kappa shape index (κ2) is 8.09. The van der Waals surface area contributed by atoms with Crippen molar-refractivity contribution in [3.8, 4) is 0 Å². The average molecular weight is 319 g/mol. The Hall–Kier alpha value is -1.30. The molecule has 0 aromatic heterocycles. The van der Waals surface area contributed by atoms with E-state index in [-0.39, 0.29) is 18.9 Å². The van der Waals surface area contributed by atoms with Crippen molar-refractivity contribution in [1.82, 2.24) is 4.90 Å². The number of likely N-dealkylation sites (N-methyl/N-ethyl adjacent to an activating group) is 1. The van der Waals surface area contributed by atoms with Gasteiger partial charge in [0, 0.05) is 11.6 Å². The summed E-state index contributed by atoms with van der Waals surface area (Å²) in [5.41, 5.74) is 0.443. The average Bonchev–Trinajstić information content (AvgIpc) is 2.38. The number of halogens is 2. The minimum absolute atomic E-state index is 0.000951. The van der Waals surface area contributed by atoms with Crippen LogP contribution in [0.3, 0.4) is 0 Å². The molecule has 0 aliphatic carbocycles. The molecule has 5 nitrogen and oxygen atoms in total. The number of carbonyl (C=O) groups excluding carboxylic acids is 1. The number of hydrogen-bond acceptors (Lipinski definition) is 3. The summed E-state index contributed by atoms with van der Waals surface area (Å²) in [5, 5.41) is 12.2. The van der Waals surface area contributed by atoms with Gasteiger partial charge >= 0.3 is 5.97 Å². The zero-order chi connectivity index (χ0) is 15.1. The molecule has 1 aromatic carbocycles. The van der Waals surface area contributed by atoms with Gasteiger partial charge in [-0.3, -0.25) is 14.5 Å². The topological polar surface area (TPSA) is 69.6 Å². The highest BCUT2D eigenvalue weighted by Crippen LogP contribution is 2.25. The molecule has 0 bridgehead atoms. The van der Waals surface area contributed by atoms with Gasteiger partial charge in [0.05, 0.1) is 23.7 Å². The Bertz CT molecular complexity index is 495. The molecule has 0 aliphatic heterocycles. The second-order valence-corrected chi connectivity index (χ2v) is 5.03. The number of nitrogens with zero attached hydrogens (tertiary/aromatic N) is 1. The molecule has 1 rings (SSSR count). The maximum absolute atomic E-state index is 11.9. The summed E-state index contributed by atoms with van der Waals surface area (Å²) >= 11 is 11.8. The summed E-state index contributed by atoms with van der Waals surface area (Å²) in [5.74, 6) is -1.15. The number of rotatable bonds is 7. The molecule has 0 fully saturated rings. The standard InChI is InChI=1S/C13H16Cl2N2O3/c1-2-17(6-5-13(19)20)8-12(18)16-11-7-9(14)3-4-10(11)15/h3-4,7H,2,5-6,8H2,1H3,(H,16,18)(H,19,20). The number of carboxylic acid groups (broad SMARTS) is 1. The highest BCUT2D eigenvalue weighted by Gasteiger charge is 2.12. The largest absolute Gasteiger partial charge is 0.481 e. The summed E-state index contributed by atoms with van der Waals surface area (Å²) < 4.78 is 0. The van der Waals surface area contributed by atoms with Crippen molar-refractivity contribution in [3.63, 3.8) is 0 Å². The van der Waals surface area contributed by atoms with Gasteiger partial charge in [0.2, 0.25) is 5.91 Å². The van der Waals surface area contributed by atoms with Crippen molar-refractivity contribution < 1.29 is 14.7 Å². The van der Waals surface area contributed by atoms with Crippen molar-refractivity contribution in [2.75, 3.05) is 25.0 Å². The molecule has 0 saturated carbocycles. The summed E-state index contributed by atoms with van der Waals surface area (Å²) in [7, 11) is 0. The number of nitrogens with one attached hydrogen (secondary N) is 1. The second-order valence-electron chi connectivity index (χ2n) is 4.18. The first-order chi connectivity index (χ1) is 9.42. The molecule has 110 valence electrons. The van der Waals surface area contributed by atoms with Gasteiger partial charge < -0.3 is 10.4 Å². The number of amides is 1. The van der Waals surface area contributed by atoms with E-state index in [2.05, 4.69) is 5.32 Å². The maximum atomic E-state index is 11.9. The van der Waals surface area contributed by atoms with E-state index in [4.69, 9.17) is 28.3 Å². The molecule has 1 amide bonds. The van der Waals surface area contributed by atoms with E-state index in [9.17, 15) is 9.59 Å². The molecule has 0 heterocycles. The van der Waals surface area contributed by atoms with E-state index >= 15 is 0 Å². The SMILES string of the molecule is CCN(CCC(=O)O)CC(=O)Nc1cc(Cl)ccc1Cl. The van der Waals surface area contributed by atoms with Crippen LogP contribution in [0.25, 0.3) is 0 Å². The number of aliphatic carboxylic acids is 1. The highest BCUT2D eigenvalue weighted by molar-refractivity contribution is 6.35. The Labute approximate surface area is 127 Å². The van der Waals surface area contributed by atoms with Crippen molar-refractivity contribution in [1.29, 1.82) is 0 Å². The number of hydrogen-bond donors (Lipinski definition) is 2. The molecule has 2 N–H and O–H groups in total. The van der Waals surface area contributed by atoms with Crippen LogP contribution in [0.1, 0.15) is 13.3 Å². The normalized spacial score (nSPS) is 10.6. The predicted octanol–water partition coefficient (Wildman–Crippen LogP) is 2.73. The van der Waals surface area contributed by atoms with Gasteiger partial charge in [-0.2, -0.15) is 0 Å². The summed E-state index contributed by atoms with van der Waals surface area (Å²) in [6, 6.07) is 4.79. The van der Waals surface area contributed by atoms with Crippen LogP contribution in [0, 0.1) is 0 Å². The van der Waals surface area contributed by atoms with E-state index in [0.29, 0.717) is 28.8 Å². The molecule has 0 spiro atoms. The van der Waals surface area contributed by atoms with E-state index in [1.807, 2.05) is 6.92 Å². The van der Waals surface area contributed by atoms with Crippen LogP contribution in [0.5, 0.6) is 0 Å². The van der Waals surface area contributed by atoms with Crippen LogP contribution in [0.15, 0.2) is 18.2 Å². The van der Waals surface area contributed by atoms with Gasteiger partial charge in [-0.15, -0.1) is 0 Å². The Morgan fingerprint density at radius 2 is 2.05 bits per heavy atom. The molecular weight excluding hydrogens is 303 g/mol. The summed E-state index contributed by atoms with van der Waals surface area (Å²) in [6.45, 7) is 2.88. The van der Waals surface area contributed by atoms with Crippen molar-refractivity contribution in [3.05, 3.63) is 28.2 Å². The van der Waals surface area contributed by atoms with Gasteiger partial charge in [-0.1, -0.05) is 30.1 Å². The number of anilines is 1. The fourth-order valence-corrected chi connectivity index (χ4v) is 1.93. The Morgan fingerprint density at radius 3 is 2.65 bits per heavy atom. The Balaban J connectivity index is 2.57. The molecule has 0 unspecified atom stereocenters. The van der Waals surface area contributed by atoms with Gasteiger partial charge in [0.1, 0.15) is 0 Å². The van der Waals surface area contributed by atoms with E-state index in [1.165, 1.54) is 0 Å². The zero-order valence-corrected chi connectivity index (χ0v) is 12.5. The van der Waals surface area contributed by atoms with E-state index in [1.54, 1.807) is 23.1 Å². The molecule has 0 radical (unpaired) electrons. The maximum Gasteiger partial charge on any atom is 0.304 e. The molecule has 0 aliphatic rings. The summed E-state index contributed by atoms with van der Waals surface area (Å²) in [6.07, 6.45) is -0.000951. The molecule has 0 saturated heterocycles. The van der Waals surface area contributed by atoms with Crippen LogP contribution in [0.2, 0.25) is 10.0 Å². The van der Waals surface area contributed by atoms with Gasteiger partial charge in [-0.05, 0) is 24.7 Å². The lowest BCUT2D eigenvalue weighted by atomic mass is 10.3. The predicted molar refractivity (Wildman–Crippen MR) is 79.5 cm³/mol. The van der Waals surface area contributed by atoms with Gasteiger partial charge in [0.25, 0.3) is 0 Å². The van der Waals surface area contributed by atoms with E-state index < -0.39 is 5.97 Å². The number of carboxylic acids is 1. The minimum Gasteiger partial charge on any atom is -0.481 e. The van der Waals surface area contributed by atoms with Crippen molar-refractivity contribution in [2.45, 2.75) is 13.3 Å². The summed E-state index contributed by atoms with van der Waals surface area (Å²) in [4.78, 5) is 24.1. The van der Waals surface area contributed by atoms with Crippen LogP contribution in [0.4, 0.5) is 5.69 Å². The Kier molecular flexibility index (Phi) is 6.78.